The predicted molar refractivity (Wildman–Crippen MR) is 89.3 cm³/mol. The first-order valence-corrected chi connectivity index (χ1v) is 8.44. The Morgan fingerprint density at radius 3 is 2.57 bits per heavy atom. The number of hydrogen-bond donors (Lipinski definition) is 1. The van der Waals surface area contributed by atoms with Crippen LogP contribution in [-0.2, 0) is 6.54 Å². The third-order valence-corrected chi connectivity index (χ3v) is 5.27. The lowest BCUT2D eigenvalue weighted by molar-refractivity contribution is 0.494. The van der Waals surface area contributed by atoms with Gasteiger partial charge in [0.25, 0.3) is 0 Å². The molecule has 1 aliphatic heterocycles. The fourth-order valence-electron chi connectivity index (χ4n) is 2.50. The molecule has 2 heterocycles. The van der Waals surface area contributed by atoms with Gasteiger partial charge in [0, 0.05) is 18.8 Å². The summed E-state index contributed by atoms with van der Waals surface area (Å²) in [4.78, 5) is 2.10. The monoisotopic (exact) mass is 416 g/mol. The van der Waals surface area contributed by atoms with Gasteiger partial charge in [-0.05, 0) is 69.0 Å². The van der Waals surface area contributed by atoms with Crippen molar-refractivity contribution in [3.63, 3.8) is 0 Å². The highest BCUT2D eigenvalue weighted by molar-refractivity contribution is 9.13. The average molecular weight is 418 g/mol. The molecule has 112 valence electrons. The van der Waals surface area contributed by atoms with E-state index in [0.717, 1.165) is 41.9 Å². The highest BCUT2D eigenvalue weighted by Crippen LogP contribution is 2.28. The van der Waals surface area contributed by atoms with Crippen LogP contribution in [0.25, 0.3) is 0 Å². The van der Waals surface area contributed by atoms with Crippen LogP contribution in [0.4, 0.5) is 15.8 Å². The molecule has 0 atom stereocenters. The van der Waals surface area contributed by atoms with Gasteiger partial charge in [0.15, 0.2) is 4.67 Å². The SMILES string of the molecule is Fc1cc(NCc2cc(Br)c(Br)o2)ccc1N1CCCC1. The van der Waals surface area contributed by atoms with Gasteiger partial charge in [-0.1, -0.05) is 0 Å². The second-order valence-corrected chi connectivity index (χ2v) is 6.62. The second-order valence-electron chi connectivity index (χ2n) is 5.05. The summed E-state index contributed by atoms with van der Waals surface area (Å²) in [5.41, 5.74) is 1.45. The van der Waals surface area contributed by atoms with Crippen molar-refractivity contribution in [3.05, 3.63) is 45.0 Å². The second kappa shape index (κ2) is 6.40. The number of furan rings is 1. The van der Waals surface area contributed by atoms with E-state index in [-0.39, 0.29) is 5.82 Å². The average Bonchev–Trinajstić information content (AvgIpc) is 3.08. The minimum Gasteiger partial charge on any atom is -0.451 e. The molecule has 1 N–H and O–H groups in total. The zero-order valence-electron chi connectivity index (χ0n) is 11.3. The van der Waals surface area contributed by atoms with Crippen LogP contribution >= 0.6 is 31.9 Å². The van der Waals surface area contributed by atoms with E-state index in [4.69, 9.17) is 4.42 Å². The number of rotatable bonds is 4. The minimum absolute atomic E-state index is 0.177. The van der Waals surface area contributed by atoms with E-state index in [1.165, 1.54) is 0 Å². The van der Waals surface area contributed by atoms with E-state index in [2.05, 4.69) is 42.1 Å². The van der Waals surface area contributed by atoms with Crippen molar-refractivity contribution in [1.82, 2.24) is 0 Å². The lowest BCUT2D eigenvalue weighted by Gasteiger charge is -2.18. The third-order valence-electron chi connectivity index (χ3n) is 3.56. The molecular weight excluding hydrogens is 403 g/mol. The first-order chi connectivity index (χ1) is 10.1. The molecule has 0 aliphatic carbocycles. The fraction of sp³-hybridized carbons (Fsp3) is 0.333. The summed E-state index contributed by atoms with van der Waals surface area (Å²) < 4.78 is 21.2. The molecule has 1 aromatic heterocycles. The molecule has 3 rings (SSSR count). The molecule has 0 amide bonds. The summed E-state index contributed by atoms with van der Waals surface area (Å²) in [5.74, 6) is 0.599. The Morgan fingerprint density at radius 1 is 1.19 bits per heavy atom. The fourth-order valence-corrected chi connectivity index (χ4v) is 3.16. The normalized spacial score (nSPS) is 14.7. The number of nitrogens with zero attached hydrogens (tertiary/aromatic N) is 1. The van der Waals surface area contributed by atoms with Crippen molar-refractivity contribution in [3.8, 4) is 0 Å². The number of halogens is 3. The van der Waals surface area contributed by atoms with Gasteiger partial charge in [-0.3, -0.25) is 0 Å². The van der Waals surface area contributed by atoms with E-state index in [9.17, 15) is 4.39 Å². The molecule has 0 saturated carbocycles. The lowest BCUT2D eigenvalue weighted by atomic mass is 10.2. The zero-order valence-corrected chi connectivity index (χ0v) is 14.5. The first-order valence-electron chi connectivity index (χ1n) is 6.85. The number of benzene rings is 1. The van der Waals surface area contributed by atoms with Crippen LogP contribution in [0.15, 0.2) is 37.8 Å². The van der Waals surface area contributed by atoms with E-state index < -0.39 is 0 Å². The van der Waals surface area contributed by atoms with Crippen molar-refractivity contribution in [2.45, 2.75) is 19.4 Å². The predicted octanol–water partition coefficient (Wildman–Crippen LogP) is 5.16. The Kier molecular flexibility index (Phi) is 4.54. The van der Waals surface area contributed by atoms with E-state index >= 15 is 0 Å². The Labute approximate surface area is 139 Å². The smallest absolute Gasteiger partial charge is 0.183 e. The molecule has 3 nitrogen and oxygen atoms in total. The molecule has 0 radical (unpaired) electrons. The standard InChI is InChI=1S/C15H15Br2FN2O/c16-12-8-11(21-15(12)17)9-19-10-3-4-14(13(18)7-10)20-5-1-2-6-20/h3-4,7-8,19H,1-2,5-6,9H2. The van der Waals surface area contributed by atoms with Crippen LogP contribution < -0.4 is 10.2 Å². The van der Waals surface area contributed by atoms with Gasteiger partial charge in [-0.2, -0.15) is 0 Å². The van der Waals surface area contributed by atoms with Gasteiger partial charge in [-0.25, -0.2) is 4.39 Å². The topological polar surface area (TPSA) is 28.4 Å². The minimum atomic E-state index is -0.177. The highest BCUT2D eigenvalue weighted by atomic mass is 79.9. The number of nitrogens with one attached hydrogen (secondary N) is 1. The van der Waals surface area contributed by atoms with E-state index in [1.54, 1.807) is 6.07 Å². The molecular formula is C15H15Br2FN2O. The van der Waals surface area contributed by atoms with Gasteiger partial charge in [0.05, 0.1) is 16.7 Å². The van der Waals surface area contributed by atoms with Crippen LogP contribution in [0.1, 0.15) is 18.6 Å². The van der Waals surface area contributed by atoms with Gasteiger partial charge >= 0.3 is 0 Å². The Hall–Kier alpha value is -1.01. The molecule has 1 saturated heterocycles. The van der Waals surface area contributed by atoms with E-state index in [0.29, 0.717) is 16.9 Å². The summed E-state index contributed by atoms with van der Waals surface area (Å²) in [6, 6.07) is 7.17. The van der Waals surface area contributed by atoms with Crippen LogP contribution in [0, 0.1) is 5.82 Å². The summed E-state index contributed by atoms with van der Waals surface area (Å²) >= 11 is 6.66. The number of anilines is 2. The summed E-state index contributed by atoms with van der Waals surface area (Å²) in [6.07, 6.45) is 2.28. The molecule has 6 heteroatoms. The van der Waals surface area contributed by atoms with Crippen LogP contribution in [0.5, 0.6) is 0 Å². The maximum absolute atomic E-state index is 14.2. The van der Waals surface area contributed by atoms with Gasteiger partial charge < -0.3 is 14.6 Å². The van der Waals surface area contributed by atoms with Crippen molar-refractivity contribution in [1.29, 1.82) is 0 Å². The van der Waals surface area contributed by atoms with Crippen molar-refractivity contribution < 1.29 is 8.81 Å². The van der Waals surface area contributed by atoms with Crippen LogP contribution in [-0.4, -0.2) is 13.1 Å². The van der Waals surface area contributed by atoms with Crippen LogP contribution in [0.3, 0.4) is 0 Å². The third kappa shape index (κ3) is 3.43. The zero-order chi connectivity index (χ0) is 14.8. The molecule has 1 aliphatic rings. The molecule has 21 heavy (non-hydrogen) atoms. The molecule has 0 spiro atoms. The molecule has 0 unspecified atom stereocenters. The molecule has 1 fully saturated rings. The Balaban J connectivity index is 1.67. The Bertz CT molecular complexity index is 619. The summed E-state index contributed by atoms with van der Waals surface area (Å²) in [6.45, 7) is 2.39. The molecule has 0 bridgehead atoms. The number of hydrogen-bond acceptors (Lipinski definition) is 3. The molecule has 2 aromatic rings. The van der Waals surface area contributed by atoms with Gasteiger partial charge in [0.1, 0.15) is 11.6 Å². The summed E-state index contributed by atoms with van der Waals surface area (Å²) in [5, 5.41) is 3.17. The van der Waals surface area contributed by atoms with Crippen molar-refractivity contribution in [2.24, 2.45) is 0 Å². The maximum atomic E-state index is 14.2. The Morgan fingerprint density at radius 2 is 1.95 bits per heavy atom. The summed E-state index contributed by atoms with van der Waals surface area (Å²) in [7, 11) is 0. The van der Waals surface area contributed by atoms with Gasteiger partial charge in [0.2, 0.25) is 0 Å². The van der Waals surface area contributed by atoms with Gasteiger partial charge in [-0.15, -0.1) is 0 Å². The largest absolute Gasteiger partial charge is 0.451 e. The van der Waals surface area contributed by atoms with Crippen LogP contribution in [0.2, 0.25) is 0 Å². The molecule has 1 aromatic carbocycles. The lowest BCUT2D eigenvalue weighted by Crippen LogP contribution is -2.18. The first kappa shape index (κ1) is 14.9. The van der Waals surface area contributed by atoms with Crippen molar-refractivity contribution in [2.75, 3.05) is 23.3 Å². The van der Waals surface area contributed by atoms with Crippen molar-refractivity contribution >= 4 is 43.2 Å². The highest BCUT2D eigenvalue weighted by Gasteiger charge is 2.16. The quantitative estimate of drug-likeness (QED) is 0.744. The van der Waals surface area contributed by atoms with E-state index in [1.807, 2.05) is 18.2 Å². The maximum Gasteiger partial charge on any atom is 0.183 e.